The maximum atomic E-state index is 13.4. The first-order chi connectivity index (χ1) is 14.9. The molecule has 158 valence electrons. The van der Waals surface area contributed by atoms with E-state index in [1.165, 1.54) is 19.8 Å². The first-order valence-corrected chi connectivity index (χ1v) is 10.3. The largest absolute Gasteiger partial charge is 0.355 e. The summed E-state index contributed by atoms with van der Waals surface area (Å²) < 4.78 is 3.96. The van der Waals surface area contributed by atoms with Gasteiger partial charge in [0, 0.05) is 30.4 Å². The smallest absolute Gasteiger partial charge is 0.337 e. The van der Waals surface area contributed by atoms with Gasteiger partial charge >= 0.3 is 5.69 Å². The Labute approximate surface area is 182 Å². The molecule has 0 aliphatic rings. The third-order valence-electron chi connectivity index (χ3n) is 5.09. The van der Waals surface area contributed by atoms with Crippen molar-refractivity contribution in [3.8, 4) is 5.69 Å². The lowest BCUT2D eigenvalue weighted by Gasteiger charge is -2.18. The van der Waals surface area contributed by atoms with Gasteiger partial charge in [0.25, 0.3) is 11.1 Å². The first kappa shape index (κ1) is 20.7. The number of para-hydroxylation sites is 1. The molecule has 0 spiro atoms. The molecule has 0 amide bonds. The molecule has 4 rings (SSSR count). The summed E-state index contributed by atoms with van der Waals surface area (Å²) >= 11 is 5.97. The number of anilines is 2. The summed E-state index contributed by atoms with van der Waals surface area (Å²) in [5.41, 5.74) is 0.530. The molecule has 2 heterocycles. The quantitative estimate of drug-likeness (QED) is 0.518. The zero-order valence-electron chi connectivity index (χ0n) is 17.1. The minimum Gasteiger partial charge on any atom is -0.355 e. The Hall–Kier alpha value is -3.58. The van der Waals surface area contributed by atoms with Crippen molar-refractivity contribution in [3.05, 3.63) is 96.9 Å². The highest BCUT2D eigenvalue weighted by atomic mass is 35.5. The van der Waals surface area contributed by atoms with Crippen molar-refractivity contribution in [2.75, 3.05) is 5.32 Å². The van der Waals surface area contributed by atoms with Crippen molar-refractivity contribution in [3.63, 3.8) is 0 Å². The molecule has 0 saturated carbocycles. The number of aromatic nitrogens is 3. The van der Waals surface area contributed by atoms with Gasteiger partial charge in [0.15, 0.2) is 0 Å². The van der Waals surface area contributed by atoms with Gasteiger partial charge in [-0.2, -0.15) is 0 Å². The Morgan fingerprint density at radius 3 is 2.29 bits per heavy atom. The van der Waals surface area contributed by atoms with E-state index >= 15 is 0 Å². The highest BCUT2D eigenvalue weighted by Gasteiger charge is 2.20. The Bertz CT molecular complexity index is 1440. The number of pyridine rings is 1. The summed E-state index contributed by atoms with van der Waals surface area (Å²) in [6.07, 6.45) is 0.612. The van der Waals surface area contributed by atoms with Gasteiger partial charge < -0.3 is 5.32 Å². The maximum absolute atomic E-state index is 13.4. The number of halogens is 1. The number of hydrogen-bond acceptors (Lipinski definition) is 4. The third-order valence-corrected chi connectivity index (χ3v) is 5.34. The van der Waals surface area contributed by atoms with E-state index in [2.05, 4.69) is 5.32 Å². The van der Waals surface area contributed by atoms with Crippen LogP contribution in [0.15, 0.2) is 75.0 Å². The highest BCUT2D eigenvalue weighted by Crippen LogP contribution is 2.24. The van der Waals surface area contributed by atoms with Gasteiger partial charge in [0.05, 0.1) is 11.4 Å². The van der Waals surface area contributed by atoms with Crippen LogP contribution < -0.4 is 22.1 Å². The van der Waals surface area contributed by atoms with Crippen LogP contribution in [0.2, 0.25) is 5.02 Å². The molecule has 0 radical (unpaired) electrons. The monoisotopic (exact) mass is 436 g/mol. The molecule has 0 bridgehead atoms. The van der Waals surface area contributed by atoms with E-state index < -0.39 is 11.2 Å². The van der Waals surface area contributed by atoms with E-state index in [0.29, 0.717) is 28.5 Å². The average molecular weight is 437 g/mol. The Kier molecular flexibility index (Phi) is 5.52. The Morgan fingerprint density at radius 2 is 1.65 bits per heavy atom. The molecule has 2 aromatic heterocycles. The number of nitrogens with zero attached hydrogens (tertiary/aromatic N) is 3. The van der Waals surface area contributed by atoms with Crippen LogP contribution in [0.5, 0.6) is 0 Å². The summed E-state index contributed by atoms with van der Waals surface area (Å²) in [6, 6.07) is 17.3. The molecule has 8 heteroatoms. The second-order valence-corrected chi connectivity index (χ2v) is 7.63. The molecule has 0 aliphatic heterocycles. The van der Waals surface area contributed by atoms with E-state index in [-0.39, 0.29) is 23.1 Å². The van der Waals surface area contributed by atoms with Crippen LogP contribution in [-0.2, 0) is 13.6 Å². The van der Waals surface area contributed by atoms with Gasteiger partial charge in [0.1, 0.15) is 11.0 Å². The van der Waals surface area contributed by atoms with Gasteiger partial charge in [-0.15, -0.1) is 0 Å². The molecular weight excluding hydrogens is 416 g/mol. The summed E-state index contributed by atoms with van der Waals surface area (Å²) in [4.78, 5) is 39.6. The molecule has 31 heavy (non-hydrogen) atoms. The molecular formula is C23H21ClN4O3. The Balaban J connectivity index is 2.14. The van der Waals surface area contributed by atoms with Crippen molar-refractivity contribution >= 4 is 34.0 Å². The first-order valence-electron chi connectivity index (χ1n) is 9.90. The lowest BCUT2D eigenvalue weighted by atomic mass is 10.2. The third kappa shape index (κ3) is 3.68. The van der Waals surface area contributed by atoms with E-state index in [0.717, 1.165) is 0 Å². The number of aryl methyl sites for hydroxylation is 1. The minimum absolute atomic E-state index is 0.234. The van der Waals surface area contributed by atoms with Gasteiger partial charge in [0.2, 0.25) is 0 Å². The zero-order chi connectivity index (χ0) is 22.1. The fraction of sp³-hybridized carbons (Fsp3) is 0.174. The van der Waals surface area contributed by atoms with Crippen LogP contribution in [0.25, 0.3) is 16.7 Å². The fourth-order valence-electron chi connectivity index (χ4n) is 3.61. The normalized spacial score (nSPS) is 11.1. The second-order valence-electron chi connectivity index (χ2n) is 7.20. The summed E-state index contributed by atoms with van der Waals surface area (Å²) in [6.45, 7) is 2.17. The van der Waals surface area contributed by atoms with Gasteiger partial charge in [-0.25, -0.2) is 9.36 Å². The molecule has 2 aromatic carbocycles. The topological polar surface area (TPSA) is 78.0 Å². The lowest BCUT2D eigenvalue weighted by Crippen LogP contribution is -2.41. The summed E-state index contributed by atoms with van der Waals surface area (Å²) in [7, 11) is 1.55. The Morgan fingerprint density at radius 1 is 0.968 bits per heavy atom. The van der Waals surface area contributed by atoms with E-state index in [9.17, 15) is 14.4 Å². The molecule has 0 saturated heterocycles. The molecule has 1 N–H and O–H groups in total. The molecule has 7 nitrogen and oxygen atoms in total. The number of nitrogens with one attached hydrogen (secondary N) is 1. The van der Waals surface area contributed by atoms with Crippen LogP contribution in [0.1, 0.15) is 13.3 Å². The van der Waals surface area contributed by atoms with Gasteiger partial charge in [-0.1, -0.05) is 36.7 Å². The SMILES string of the molecule is CCCn1c(=O)c2c(Nc3ccc(Cl)cc3)cc(=O)n(C)c2n(-c2ccccc2)c1=O. The predicted molar refractivity (Wildman–Crippen MR) is 124 cm³/mol. The van der Waals surface area contributed by atoms with Crippen molar-refractivity contribution < 1.29 is 0 Å². The van der Waals surface area contributed by atoms with Crippen molar-refractivity contribution in [2.45, 2.75) is 19.9 Å². The van der Waals surface area contributed by atoms with Crippen LogP contribution in [0.4, 0.5) is 11.4 Å². The van der Waals surface area contributed by atoms with Crippen LogP contribution in [-0.4, -0.2) is 13.7 Å². The van der Waals surface area contributed by atoms with E-state index in [1.54, 1.807) is 55.6 Å². The molecule has 0 atom stereocenters. The summed E-state index contributed by atoms with van der Waals surface area (Å²) in [5, 5.41) is 3.98. The van der Waals surface area contributed by atoms with Gasteiger partial charge in [-0.3, -0.25) is 18.7 Å². The standard InChI is InChI=1S/C23H21ClN4O3/c1-3-13-27-22(30)20-18(25-16-11-9-15(24)10-12-16)14-19(29)26(2)21(20)28(23(27)31)17-7-5-4-6-8-17/h4-12,14,25H,3,13H2,1-2H3. The fourth-order valence-corrected chi connectivity index (χ4v) is 3.73. The zero-order valence-corrected chi connectivity index (χ0v) is 17.9. The minimum atomic E-state index is -0.482. The number of benzene rings is 2. The highest BCUT2D eigenvalue weighted by molar-refractivity contribution is 6.30. The average Bonchev–Trinajstić information content (AvgIpc) is 2.76. The number of fused-ring (bicyclic) bond motifs is 1. The molecule has 0 aliphatic carbocycles. The van der Waals surface area contributed by atoms with Crippen LogP contribution in [0.3, 0.4) is 0 Å². The van der Waals surface area contributed by atoms with Crippen LogP contribution >= 0.6 is 11.6 Å². The maximum Gasteiger partial charge on any atom is 0.337 e. The van der Waals surface area contributed by atoms with Crippen molar-refractivity contribution in [2.24, 2.45) is 7.05 Å². The predicted octanol–water partition coefficient (Wildman–Crippen LogP) is 3.66. The van der Waals surface area contributed by atoms with E-state index in [4.69, 9.17) is 11.6 Å². The molecule has 0 fully saturated rings. The number of rotatable bonds is 5. The second kappa shape index (κ2) is 8.28. The van der Waals surface area contributed by atoms with Crippen LogP contribution in [0, 0.1) is 0 Å². The summed E-state index contributed by atoms with van der Waals surface area (Å²) in [5.74, 6) is 0. The van der Waals surface area contributed by atoms with Crippen molar-refractivity contribution in [1.29, 1.82) is 0 Å². The number of hydrogen-bond donors (Lipinski definition) is 1. The molecule has 4 aromatic rings. The van der Waals surface area contributed by atoms with Crippen molar-refractivity contribution in [1.82, 2.24) is 13.7 Å². The lowest BCUT2D eigenvalue weighted by molar-refractivity contribution is 0.604. The van der Waals surface area contributed by atoms with E-state index in [1.807, 2.05) is 13.0 Å². The molecule has 0 unspecified atom stereocenters. The van der Waals surface area contributed by atoms with Gasteiger partial charge in [-0.05, 0) is 42.8 Å².